The van der Waals surface area contributed by atoms with Gasteiger partial charge in [0.1, 0.15) is 18.0 Å². The summed E-state index contributed by atoms with van der Waals surface area (Å²) in [6.45, 7) is 4.02. The third kappa shape index (κ3) is 3.38. The van der Waals surface area contributed by atoms with Crippen molar-refractivity contribution in [2.24, 2.45) is 5.92 Å². The monoisotopic (exact) mass is 322 g/mol. The van der Waals surface area contributed by atoms with Gasteiger partial charge in [0.2, 0.25) is 0 Å². The lowest BCUT2D eigenvalue weighted by Crippen LogP contribution is -2.33. The van der Waals surface area contributed by atoms with Crippen LogP contribution in [0, 0.1) is 23.4 Å². The Balaban J connectivity index is 1.79. The van der Waals surface area contributed by atoms with Crippen LogP contribution >= 0.6 is 0 Å². The van der Waals surface area contributed by atoms with Crippen LogP contribution in [0.3, 0.4) is 0 Å². The normalized spacial score (nSPS) is 15.7. The Morgan fingerprint density at radius 3 is 2.57 bits per heavy atom. The van der Waals surface area contributed by atoms with Crippen molar-refractivity contribution < 1.29 is 13.2 Å². The van der Waals surface area contributed by atoms with Crippen LogP contribution in [0.15, 0.2) is 24.5 Å². The number of hydrogen-bond donors (Lipinski definition) is 1. The highest BCUT2D eigenvalue weighted by molar-refractivity contribution is 5.60. The summed E-state index contributed by atoms with van der Waals surface area (Å²) in [7, 11) is 0. The molecule has 1 aromatic heterocycles. The van der Waals surface area contributed by atoms with Gasteiger partial charge in [-0.25, -0.2) is 23.1 Å². The summed E-state index contributed by atoms with van der Waals surface area (Å²) in [5.41, 5.74) is -0.166. The molecule has 122 valence electrons. The molecule has 7 heteroatoms. The van der Waals surface area contributed by atoms with Gasteiger partial charge in [0.05, 0.1) is 5.69 Å². The van der Waals surface area contributed by atoms with E-state index in [9.17, 15) is 13.2 Å². The molecule has 4 nitrogen and oxygen atoms in total. The first-order chi connectivity index (χ1) is 11.0. The molecule has 0 bridgehead atoms. The van der Waals surface area contributed by atoms with Crippen LogP contribution < -0.4 is 10.2 Å². The third-order valence-electron chi connectivity index (χ3n) is 4.06. The zero-order chi connectivity index (χ0) is 16.4. The third-order valence-corrected chi connectivity index (χ3v) is 4.06. The van der Waals surface area contributed by atoms with Crippen molar-refractivity contribution in [1.82, 2.24) is 9.97 Å². The highest BCUT2D eigenvalue weighted by atomic mass is 19.2. The molecule has 2 aromatic rings. The van der Waals surface area contributed by atoms with E-state index in [1.54, 1.807) is 6.07 Å². The Labute approximate surface area is 132 Å². The minimum Gasteiger partial charge on any atom is -0.356 e. The molecule has 1 aromatic carbocycles. The molecule has 0 aliphatic carbocycles. The standard InChI is InChI=1S/C16H17F3N4/c1-10-4-6-23(7-5-10)14-8-13(20-9-21-14)22-12-3-2-11(17)15(18)16(12)19/h2-3,8-10H,4-7H2,1H3,(H,20,21,22). The predicted octanol–water partition coefficient (Wildman–Crippen LogP) is 3.87. The van der Waals surface area contributed by atoms with Crippen LogP contribution in [-0.2, 0) is 0 Å². The fraction of sp³-hybridized carbons (Fsp3) is 0.375. The van der Waals surface area contributed by atoms with Gasteiger partial charge in [0, 0.05) is 19.2 Å². The van der Waals surface area contributed by atoms with E-state index >= 15 is 0 Å². The molecule has 0 unspecified atom stereocenters. The maximum absolute atomic E-state index is 13.7. The highest BCUT2D eigenvalue weighted by Gasteiger charge is 2.18. The molecular formula is C16H17F3N4. The zero-order valence-electron chi connectivity index (χ0n) is 12.7. The lowest BCUT2D eigenvalue weighted by molar-refractivity contribution is 0.436. The van der Waals surface area contributed by atoms with Crippen molar-refractivity contribution in [2.45, 2.75) is 19.8 Å². The number of benzene rings is 1. The van der Waals surface area contributed by atoms with Crippen LogP contribution in [0.25, 0.3) is 0 Å². The number of nitrogens with one attached hydrogen (secondary N) is 1. The molecule has 3 rings (SSSR count). The van der Waals surface area contributed by atoms with Crippen LogP contribution in [0.5, 0.6) is 0 Å². The van der Waals surface area contributed by atoms with Gasteiger partial charge in [0.25, 0.3) is 0 Å². The summed E-state index contributed by atoms with van der Waals surface area (Å²) in [6.07, 6.45) is 3.54. The molecule has 2 heterocycles. The second kappa shape index (κ2) is 6.44. The summed E-state index contributed by atoms with van der Waals surface area (Å²) >= 11 is 0. The first kappa shape index (κ1) is 15.6. The van der Waals surface area contributed by atoms with Gasteiger partial charge < -0.3 is 10.2 Å². The lowest BCUT2D eigenvalue weighted by Gasteiger charge is -2.31. The SMILES string of the molecule is CC1CCN(c2cc(Nc3ccc(F)c(F)c3F)ncn2)CC1. The molecule has 0 amide bonds. The number of anilines is 3. The van der Waals surface area contributed by atoms with Crippen LogP contribution in [0.1, 0.15) is 19.8 Å². The number of rotatable bonds is 3. The summed E-state index contributed by atoms with van der Waals surface area (Å²) in [6, 6.07) is 3.68. The first-order valence-corrected chi connectivity index (χ1v) is 7.52. The molecule has 0 spiro atoms. The van der Waals surface area contributed by atoms with Gasteiger partial charge in [-0.1, -0.05) is 6.92 Å². The minimum atomic E-state index is -1.51. The molecule has 1 fully saturated rings. The van der Waals surface area contributed by atoms with Gasteiger partial charge in [0.15, 0.2) is 17.5 Å². The average molecular weight is 322 g/mol. The van der Waals surface area contributed by atoms with Crippen LogP contribution in [-0.4, -0.2) is 23.1 Å². The van der Waals surface area contributed by atoms with E-state index in [2.05, 4.69) is 27.1 Å². The van der Waals surface area contributed by atoms with Crippen molar-refractivity contribution in [3.8, 4) is 0 Å². The maximum Gasteiger partial charge on any atom is 0.196 e. The lowest BCUT2D eigenvalue weighted by atomic mass is 9.99. The first-order valence-electron chi connectivity index (χ1n) is 7.52. The quantitative estimate of drug-likeness (QED) is 0.871. The Kier molecular flexibility index (Phi) is 4.36. The van der Waals surface area contributed by atoms with E-state index in [4.69, 9.17) is 0 Å². The van der Waals surface area contributed by atoms with Gasteiger partial charge in [-0.2, -0.15) is 0 Å². The van der Waals surface area contributed by atoms with Crippen molar-refractivity contribution in [3.63, 3.8) is 0 Å². The molecule has 1 aliphatic rings. The number of aromatic nitrogens is 2. The topological polar surface area (TPSA) is 41.0 Å². The number of hydrogen-bond acceptors (Lipinski definition) is 4. The van der Waals surface area contributed by atoms with Gasteiger partial charge in [-0.05, 0) is 30.9 Å². The molecule has 0 atom stereocenters. The van der Waals surface area contributed by atoms with Crippen LogP contribution in [0.2, 0.25) is 0 Å². The Bertz CT molecular complexity index is 700. The van der Waals surface area contributed by atoms with Gasteiger partial charge in [-0.15, -0.1) is 0 Å². The molecule has 23 heavy (non-hydrogen) atoms. The fourth-order valence-electron chi connectivity index (χ4n) is 2.59. The molecule has 1 aliphatic heterocycles. The van der Waals surface area contributed by atoms with E-state index in [-0.39, 0.29) is 5.69 Å². The van der Waals surface area contributed by atoms with Crippen molar-refractivity contribution in [2.75, 3.05) is 23.3 Å². The van der Waals surface area contributed by atoms with E-state index < -0.39 is 17.5 Å². The second-order valence-corrected chi connectivity index (χ2v) is 5.78. The van der Waals surface area contributed by atoms with Crippen LogP contribution in [0.4, 0.5) is 30.5 Å². The minimum absolute atomic E-state index is 0.166. The van der Waals surface area contributed by atoms with E-state index in [1.807, 2.05) is 0 Å². The fourth-order valence-corrected chi connectivity index (χ4v) is 2.59. The second-order valence-electron chi connectivity index (χ2n) is 5.78. The number of halogens is 3. The van der Waals surface area contributed by atoms with Gasteiger partial charge in [-0.3, -0.25) is 0 Å². The van der Waals surface area contributed by atoms with Gasteiger partial charge >= 0.3 is 0 Å². The van der Waals surface area contributed by atoms with Crippen molar-refractivity contribution >= 4 is 17.3 Å². The predicted molar refractivity (Wildman–Crippen MR) is 82.2 cm³/mol. The molecule has 1 N–H and O–H groups in total. The largest absolute Gasteiger partial charge is 0.356 e. The summed E-state index contributed by atoms with van der Waals surface area (Å²) in [4.78, 5) is 10.4. The summed E-state index contributed by atoms with van der Waals surface area (Å²) in [5.74, 6) is -2.23. The highest BCUT2D eigenvalue weighted by Crippen LogP contribution is 2.25. The molecule has 1 saturated heterocycles. The smallest absolute Gasteiger partial charge is 0.196 e. The number of piperidine rings is 1. The Morgan fingerprint density at radius 2 is 1.83 bits per heavy atom. The maximum atomic E-state index is 13.7. The summed E-state index contributed by atoms with van der Waals surface area (Å²) < 4.78 is 39.9. The molecule has 0 radical (unpaired) electrons. The average Bonchev–Trinajstić information content (AvgIpc) is 2.56. The zero-order valence-corrected chi connectivity index (χ0v) is 12.7. The number of nitrogens with zero attached hydrogens (tertiary/aromatic N) is 3. The van der Waals surface area contributed by atoms with Crippen molar-refractivity contribution in [3.05, 3.63) is 42.0 Å². The Hall–Kier alpha value is -2.31. The summed E-state index contributed by atoms with van der Waals surface area (Å²) in [5, 5.41) is 2.67. The van der Waals surface area contributed by atoms with E-state index in [0.717, 1.165) is 43.9 Å². The Morgan fingerprint density at radius 1 is 1.09 bits per heavy atom. The van der Waals surface area contributed by atoms with Crippen molar-refractivity contribution in [1.29, 1.82) is 0 Å². The van der Waals surface area contributed by atoms with E-state index in [0.29, 0.717) is 11.7 Å². The molecule has 0 saturated carbocycles. The molecular weight excluding hydrogens is 305 g/mol. The van der Waals surface area contributed by atoms with E-state index in [1.165, 1.54) is 6.33 Å².